The Balaban J connectivity index is 1.48. The van der Waals surface area contributed by atoms with E-state index in [9.17, 15) is 9.18 Å². The number of benzene rings is 1. The molecule has 1 fully saturated rings. The molecule has 0 N–H and O–H groups in total. The van der Waals surface area contributed by atoms with Gasteiger partial charge in [-0.3, -0.25) is 4.79 Å². The molecule has 1 aromatic heterocycles. The van der Waals surface area contributed by atoms with E-state index in [1.807, 2.05) is 17.0 Å². The van der Waals surface area contributed by atoms with Crippen molar-refractivity contribution < 1.29 is 9.18 Å². The summed E-state index contributed by atoms with van der Waals surface area (Å²) >= 11 is 1.72. The maximum absolute atomic E-state index is 13.1. The molecule has 0 saturated carbocycles. The molecule has 156 valence electrons. The third-order valence-electron chi connectivity index (χ3n) is 5.29. The second kappa shape index (κ2) is 10.6. The summed E-state index contributed by atoms with van der Waals surface area (Å²) in [5.74, 6) is 0.786. The Morgan fingerprint density at radius 2 is 1.76 bits per heavy atom. The van der Waals surface area contributed by atoms with E-state index in [-0.39, 0.29) is 11.7 Å². The summed E-state index contributed by atoms with van der Waals surface area (Å²) in [6.07, 6.45) is 1.69. The third-order valence-corrected chi connectivity index (χ3v) is 6.22. The summed E-state index contributed by atoms with van der Waals surface area (Å²) in [5, 5.41) is 0.954. The van der Waals surface area contributed by atoms with E-state index >= 15 is 0 Å². The Kier molecular flexibility index (Phi) is 7.89. The van der Waals surface area contributed by atoms with Crippen LogP contribution in [0.3, 0.4) is 0 Å². The topological polar surface area (TPSA) is 39.7 Å². The largest absolute Gasteiger partial charge is 0.368 e. The number of carbonyl (C=O) groups excluding carboxylic acids is 1. The van der Waals surface area contributed by atoms with Crippen molar-refractivity contribution in [3.8, 4) is 0 Å². The Labute approximate surface area is 176 Å². The van der Waals surface area contributed by atoms with Crippen molar-refractivity contribution >= 4 is 23.4 Å². The fourth-order valence-electron chi connectivity index (χ4n) is 3.41. The van der Waals surface area contributed by atoms with Crippen LogP contribution in [0.15, 0.2) is 47.6 Å². The second-order valence-electron chi connectivity index (χ2n) is 7.02. The lowest BCUT2D eigenvalue weighted by Gasteiger charge is -2.36. The van der Waals surface area contributed by atoms with Crippen LogP contribution in [-0.2, 0) is 0 Å². The number of amides is 1. The summed E-state index contributed by atoms with van der Waals surface area (Å²) in [6, 6.07) is 10.3. The van der Waals surface area contributed by atoms with Gasteiger partial charge in [0.1, 0.15) is 5.82 Å². The van der Waals surface area contributed by atoms with Crippen molar-refractivity contribution in [2.75, 3.05) is 56.5 Å². The molecule has 1 amide bonds. The van der Waals surface area contributed by atoms with E-state index in [2.05, 4.69) is 28.6 Å². The van der Waals surface area contributed by atoms with Crippen molar-refractivity contribution in [1.29, 1.82) is 0 Å². The van der Waals surface area contributed by atoms with Gasteiger partial charge in [0.2, 0.25) is 0 Å². The van der Waals surface area contributed by atoms with Gasteiger partial charge in [-0.05, 0) is 49.5 Å². The van der Waals surface area contributed by atoms with E-state index in [1.54, 1.807) is 30.1 Å². The van der Waals surface area contributed by atoms with Crippen LogP contribution in [0.5, 0.6) is 0 Å². The first kappa shape index (κ1) is 21.6. The van der Waals surface area contributed by atoms with E-state index < -0.39 is 0 Å². The standard InChI is InChI=1S/C22H29FN4OS/c1-3-25(4-2)15-16-29-21-10-5-18(17-24-21)22(28)27-13-11-26(12-14-27)20-8-6-19(23)7-9-20/h5-10,17H,3-4,11-16H2,1-2H3. The molecular formula is C22H29FN4OS. The Morgan fingerprint density at radius 3 is 2.34 bits per heavy atom. The highest BCUT2D eigenvalue weighted by molar-refractivity contribution is 7.99. The van der Waals surface area contributed by atoms with Gasteiger partial charge in [0.15, 0.2) is 0 Å². The first-order valence-electron chi connectivity index (χ1n) is 10.2. The normalized spacial score (nSPS) is 14.5. The molecule has 7 heteroatoms. The Bertz CT molecular complexity index is 772. The highest BCUT2D eigenvalue weighted by Crippen LogP contribution is 2.19. The highest BCUT2D eigenvalue weighted by atomic mass is 32.2. The molecule has 0 unspecified atom stereocenters. The predicted octanol–water partition coefficient (Wildman–Crippen LogP) is 3.62. The summed E-state index contributed by atoms with van der Waals surface area (Å²) < 4.78 is 13.1. The molecule has 1 aliphatic rings. The molecule has 1 aliphatic heterocycles. The van der Waals surface area contributed by atoms with E-state index in [4.69, 9.17) is 0 Å². The van der Waals surface area contributed by atoms with Crippen molar-refractivity contribution in [1.82, 2.24) is 14.8 Å². The molecule has 1 saturated heterocycles. The van der Waals surface area contributed by atoms with Crippen LogP contribution in [-0.4, -0.2) is 72.3 Å². The smallest absolute Gasteiger partial charge is 0.255 e. The van der Waals surface area contributed by atoms with Crippen LogP contribution >= 0.6 is 11.8 Å². The van der Waals surface area contributed by atoms with Crippen LogP contribution in [0, 0.1) is 5.82 Å². The molecule has 2 aromatic rings. The average molecular weight is 417 g/mol. The van der Waals surface area contributed by atoms with Gasteiger partial charge in [-0.15, -0.1) is 11.8 Å². The molecule has 2 heterocycles. The predicted molar refractivity (Wildman–Crippen MR) is 117 cm³/mol. The minimum absolute atomic E-state index is 0.0240. The first-order chi connectivity index (χ1) is 14.1. The number of anilines is 1. The van der Waals surface area contributed by atoms with Crippen LogP contribution in [0.2, 0.25) is 0 Å². The summed E-state index contributed by atoms with van der Waals surface area (Å²) in [4.78, 5) is 23.7. The van der Waals surface area contributed by atoms with Crippen LogP contribution in [0.4, 0.5) is 10.1 Å². The lowest BCUT2D eigenvalue weighted by Crippen LogP contribution is -2.48. The fourth-order valence-corrected chi connectivity index (χ4v) is 4.26. The molecule has 1 aromatic carbocycles. The number of piperazine rings is 1. The number of hydrogen-bond donors (Lipinski definition) is 0. The third kappa shape index (κ3) is 5.93. The number of hydrogen-bond acceptors (Lipinski definition) is 5. The van der Waals surface area contributed by atoms with E-state index in [0.717, 1.165) is 49.2 Å². The van der Waals surface area contributed by atoms with Crippen LogP contribution in [0.25, 0.3) is 0 Å². The van der Waals surface area contributed by atoms with E-state index in [1.165, 1.54) is 12.1 Å². The van der Waals surface area contributed by atoms with Gasteiger partial charge in [0.05, 0.1) is 10.6 Å². The molecule has 0 aliphatic carbocycles. The van der Waals surface area contributed by atoms with Gasteiger partial charge in [0.25, 0.3) is 5.91 Å². The van der Waals surface area contributed by atoms with Crippen molar-refractivity contribution in [3.05, 3.63) is 54.0 Å². The summed E-state index contributed by atoms with van der Waals surface area (Å²) in [7, 11) is 0. The zero-order valence-corrected chi connectivity index (χ0v) is 18.0. The molecule has 0 bridgehead atoms. The molecule has 29 heavy (non-hydrogen) atoms. The Hall–Kier alpha value is -2.12. The highest BCUT2D eigenvalue weighted by Gasteiger charge is 2.22. The van der Waals surface area contributed by atoms with Gasteiger partial charge in [-0.25, -0.2) is 9.37 Å². The second-order valence-corrected chi connectivity index (χ2v) is 8.13. The lowest BCUT2D eigenvalue weighted by molar-refractivity contribution is 0.0746. The molecule has 0 radical (unpaired) electrons. The SMILES string of the molecule is CCN(CC)CCSc1ccc(C(=O)N2CCN(c3ccc(F)cc3)CC2)cn1. The quantitative estimate of drug-likeness (QED) is 0.615. The fraction of sp³-hybridized carbons (Fsp3) is 0.455. The van der Waals surface area contributed by atoms with Gasteiger partial charge >= 0.3 is 0 Å². The monoisotopic (exact) mass is 416 g/mol. The minimum Gasteiger partial charge on any atom is -0.368 e. The minimum atomic E-state index is -0.232. The summed E-state index contributed by atoms with van der Waals surface area (Å²) in [6.45, 7) is 10.3. The van der Waals surface area contributed by atoms with Crippen LogP contribution < -0.4 is 4.90 Å². The number of carbonyl (C=O) groups is 1. The molecule has 5 nitrogen and oxygen atoms in total. The zero-order valence-electron chi connectivity index (χ0n) is 17.2. The maximum atomic E-state index is 13.1. The number of thioether (sulfide) groups is 1. The van der Waals surface area contributed by atoms with Crippen LogP contribution in [0.1, 0.15) is 24.2 Å². The number of halogens is 1. The number of pyridine rings is 1. The lowest BCUT2D eigenvalue weighted by atomic mass is 10.2. The van der Waals surface area contributed by atoms with Crippen molar-refractivity contribution in [3.63, 3.8) is 0 Å². The maximum Gasteiger partial charge on any atom is 0.255 e. The molecule has 3 rings (SSSR count). The Morgan fingerprint density at radius 1 is 1.07 bits per heavy atom. The molecule has 0 atom stereocenters. The van der Waals surface area contributed by atoms with E-state index in [0.29, 0.717) is 18.7 Å². The number of aromatic nitrogens is 1. The van der Waals surface area contributed by atoms with Gasteiger partial charge in [-0.1, -0.05) is 13.8 Å². The number of nitrogens with zero attached hydrogens (tertiary/aromatic N) is 4. The summed E-state index contributed by atoms with van der Waals surface area (Å²) in [5.41, 5.74) is 1.62. The first-order valence-corrected chi connectivity index (χ1v) is 11.2. The zero-order chi connectivity index (χ0) is 20.6. The average Bonchev–Trinajstić information content (AvgIpc) is 2.77. The van der Waals surface area contributed by atoms with Crippen molar-refractivity contribution in [2.45, 2.75) is 18.9 Å². The molecular weight excluding hydrogens is 387 g/mol. The van der Waals surface area contributed by atoms with Gasteiger partial charge < -0.3 is 14.7 Å². The van der Waals surface area contributed by atoms with Gasteiger partial charge in [0, 0.05) is 50.4 Å². The van der Waals surface area contributed by atoms with Crippen molar-refractivity contribution in [2.24, 2.45) is 0 Å². The number of rotatable bonds is 8. The molecule has 0 spiro atoms. The van der Waals surface area contributed by atoms with Gasteiger partial charge in [-0.2, -0.15) is 0 Å².